The van der Waals surface area contributed by atoms with Gasteiger partial charge in [-0.1, -0.05) is 71.0 Å². The Morgan fingerprint density at radius 1 is 1.00 bits per heavy atom. The standard InChI is InChI=1S/C27H34FN3O2/c1-19(2)14-29-26(32)24-18-33-25(30-24)17-31(16-21-8-12-23(28)13-9-21)15-20-6-10-22(11-7-20)27(3,4)5/h6-13,18-19H,14-17H2,1-5H3,(H,29,32). The minimum Gasteiger partial charge on any atom is -0.447 e. The van der Waals surface area contributed by atoms with Gasteiger partial charge in [0.25, 0.3) is 5.91 Å². The van der Waals surface area contributed by atoms with Gasteiger partial charge in [0.15, 0.2) is 5.69 Å². The summed E-state index contributed by atoms with van der Waals surface area (Å²) in [5, 5.41) is 2.86. The summed E-state index contributed by atoms with van der Waals surface area (Å²) in [6.07, 6.45) is 1.40. The van der Waals surface area contributed by atoms with E-state index >= 15 is 0 Å². The fraction of sp³-hybridized carbons (Fsp3) is 0.407. The summed E-state index contributed by atoms with van der Waals surface area (Å²) >= 11 is 0. The topological polar surface area (TPSA) is 58.4 Å². The Labute approximate surface area is 196 Å². The lowest BCUT2D eigenvalue weighted by Crippen LogP contribution is -2.27. The Balaban J connectivity index is 1.74. The Morgan fingerprint density at radius 2 is 1.58 bits per heavy atom. The van der Waals surface area contributed by atoms with Crippen molar-refractivity contribution in [1.29, 1.82) is 0 Å². The number of hydrogen-bond donors (Lipinski definition) is 1. The highest BCUT2D eigenvalue weighted by atomic mass is 19.1. The molecule has 0 radical (unpaired) electrons. The molecule has 0 aliphatic rings. The van der Waals surface area contributed by atoms with Crippen molar-refractivity contribution in [2.45, 2.75) is 59.7 Å². The average molecular weight is 452 g/mol. The third-order valence-electron chi connectivity index (χ3n) is 5.36. The van der Waals surface area contributed by atoms with E-state index in [1.807, 2.05) is 13.8 Å². The van der Waals surface area contributed by atoms with Crippen LogP contribution in [-0.4, -0.2) is 22.3 Å². The van der Waals surface area contributed by atoms with Crippen LogP contribution < -0.4 is 5.32 Å². The highest BCUT2D eigenvalue weighted by Crippen LogP contribution is 2.23. The lowest BCUT2D eigenvalue weighted by molar-refractivity contribution is 0.0944. The first kappa shape index (κ1) is 24.6. The molecule has 0 aliphatic carbocycles. The molecule has 0 saturated carbocycles. The van der Waals surface area contributed by atoms with E-state index in [-0.39, 0.29) is 22.8 Å². The smallest absolute Gasteiger partial charge is 0.273 e. The van der Waals surface area contributed by atoms with E-state index in [1.165, 1.54) is 24.0 Å². The summed E-state index contributed by atoms with van der Waals surface area (Å²) in [7, 11) is 0. The van der Waals surface area contributed by atoms with Crippen LogP contribution in [0.3, 0.4) is 0 Å². The molecule has 0 spiro atoms. The Bertz CT molecular complexity index is 1030. The molecule has 1 heterocycles. The van der Waals surface area contributed by atoms with Gasteiger partial charge in [-0.3, -0.25) is 9.69 Å². The number of hydrogen-bond acceptors (Lipinski definition) is 4. The van der Waals surface area contributed by atoms with Crippen LogP contribution in [0, 0.1) is 11.7 Å². The first-order valence-corrected chi connectivity index (χ1v) is 11.4. The molecule has 0 unspecified atom stereocenters. The number of amides is 1. The lowest BCUT2D eigenvalue weighted by Gasteiger charge is -2.23. The van der Waals surface area contributed by atoms with Gasteiger partial charge < -0.3 is 9.73 Å². The molecule has 2 aromatic carbocycles. The molecule has 33 heavy (non-hydrogen) atoms. The fourth-order valence-electron chi connectivity index (χ4n) is 3.45. The summed E-state index contributed by atoms with van der Waals surface area (Å²) in [6, 6.07) is 15.1. The molecule has 1 N–H and O–H groups in total. The van der Waals surface area contributed by atoms with Gasteiger partial charge in [0.2, 0.25) is 5.89 Å². The predicted molar refractivity (Wildman–Crippen MR) is 128 cm³/mol. The van der Waals surface area contributed by atoms with Crippen LogP contribution in [0.2, 0.25) is 0 Å². The second kappa shape index (κ2) is 10.8. The molecule has 3 rings (SSSR count). The minimum absolute atomic E-state index is 0.0942. The molecule has 1 amide bonds. The average Bonchev–Trinajstić information content (AvgIpc) is 3.22. The van der Waals surface area contributed by atoms with Gasteiger partial charge in [-0.05, 0) is 40.2 Å². The van der Waals surface area contributed by atoms with E-state index in [4.69, 9.17) is 4.42 Å². The quantitative estimate of drug-likeness (QED) is 0.453. The van der Waals surface area contributed by atoms with Gasteiger partial charge in [0.05, 0.1) is 6.54 Å². The first-order valence-electron chi connectivity index (χ1n) is 11.4. The zero-order valence-corrected chi connectivity index (χ0v) is 20.2. The molecule has 6 heteroatoms. The van der Waals surface area contributed by atoms with Gasteiger partial charge in [0.1, 0.15) is 12.1 Å². The van der Waals surface area contributed by atoms with E-state index in [0.29, 0.717) is 38.0 Å². The van der Waals surface area contributed by atoms with Gasteiger partial charge >= 0.3 is 0 Å². The summed E-state index contributed by atoms with van der Waals surface area (Å²) in [4.78, 5) is 18.9. The predicted octanol–water partition coefficient (Wildman–Crippen LogP) is 5.70. The largest absolute Gasteiger partial charge is 0.447 e. The van der Waals surface area contributed by atoms with Crippen molar-refractivity contribution in [3.63, 3.8) is 0 Å². The maximum absolute atomic E-state index is 13.4. The Kier molecular flexibility index (Phi) is 8.03. The van der Waals surface area contributed by atoms with Gasteiger partial charge in [-0.15, -0.1) is 0 Å². The van der Waals surface area contributed by atoms with Crippen LogP contribution in [0.15, 0.2) is 59.2 Å². The highest BCUT2D eigenvalue weighted by Gasteiger charge is 2.17. The maximum Gasteiger partial charge on any atom is 0.273 e. The normalized spacial score (nSPS) is 11.9. The van der Waals surface area contributed by atoms with Crippen LogP contribution in [0.5, 0.6) is 0 Å². The molecular weight excluding hydrogens is 417 g/mol. The number of oxazole rings is 1. The molecular formula is C27H34FN3O2. The second-order valence-corrected chi connectivity index (χ2v) is 9.95. The van der Waals surface area contributed by atoms with Crippen LogP contribution in [0.4, 0.5) is 4.39 Å². The molecule has 0 fully saturated rings. The summed E-state index contributed by atoms with van der Waals surface area (Å²) in [5.74, 6) is 0.337. The van der Waals surface area contributed by atoms with Crippen molar-refractivity contribution in [2.75, 3.05) is 6.54 Å². The first-order chi connectivity index (χ1) is 15.6. The van der Waals surface area contributed by atoms with E-state index in [9.17, 15) is 9.18 Å². The fourth-order valence-corrected chi connectivity index (χ4v) is 3.45. The van der Waals surface area contributed by atoms with E-state index < -0.39 is 0 Å². The minimum atomic E-state index is -0.257. The summed E-state index contributed by atoms with van der Waals surface area (Å²) < 4.78 is 19.0. The summed E-state index contributed by atoms with van der Waals surface area (Å²) in [6.45, 7) is 12.9. The second-order valence-electron chi connectivity index (χ2n) is 9.95. The number of nitrogens with one attached hydrogen (secondary N) is 1. The zero-order valence-electron chi connectivity index (χ0n) is 20.2. The van der Waals surface area contributed by atoms with E-state index in [0.717, 1.165) is 11.1 Å². The number of carbonyl (C=O) groups excluding carboxylic acids is 1. The van der Waals surface area contributed by atoms with E-state index in [1.54, 1.807) is 12.1 Å². The van der Waals surface area contributed by atoms with Crippen LogP contribution in [0.25, 0.3) is 0 Å². The van der Waals surface area contributed by atoms with E-state index in [2.05, 4.69) is 60.2 Å². The molecule has 0 saturated heterocycles. The number of halogens is 1. The molecule has 0 aliphatic heterocycles. The SMILES string of the molecule is CC(C)CNC(=O)c1coc(CN(Cc2ccc(F)cc2)Cc2ccc(C(C)(C)C)cc2)n1. The molecule has 0 atom stereocenters. The molecule has 3 aromatic rings. The number of benzene rings is 2. The molecule has 0 bridgehead atoms. The van der Waals surface area contributed by atoms with Crippen molar-refractivity contribution in [3.8, 4) is 0 Å². The van der Waals surface area contributed by atoms with Gasteiger partial charge in [-0.2, -0.15) is 0 Å². The molecule has 1 aromatic heterocycles. The van der Waals surface area contributed by atoms with Gasteiger partial charge in [0, 0.05) is 19.6 Å². The number of carbonyl (C=O) groups is 1. The molecule has 5 nitrogen and oxygen atoms in total. The van der Waals surface area contributed by atoms with Crippen molar-refractivity contribution >= 4 is 5.91 Å². The molecule has 176 valence electrons. The van der Waals surface area contributed by atoms with Crippen molar-refractivity contribution in [1.82, 2.24) is 15.2 Å². The van der Waals surface area contributed by atoms with Crippen molar-refractivity contribution in [3.05, 3.63) is 88.9 Å². The summed E-state index contributed by atoms with van der Waals surface area (Å²) in [5.41, 5.74) is 3.80. The van der Waals surface area contributed by atoms with Crippen molar-refractivity contribution < 1.29 is 13.6 Å². The lowest BCUT2D eigenvalue weighted by atomic mass is 9.87. The highest BCUT2D eigenvalue weighted by molar-refractivity contribution is 5.91. The Hall–Kier alpha value is -2.99. The number of nitrogens with zero attached hydrogens (tertiary/aromatic N) is 2. The van der Waals surface area contributed by atoms with Crippen LogP contribution >= 0.6 is 0 Å². The third kappa shape index (κ3) is 7.53. The number of rotatable bonds is 9. The van der Waals surface area contributed by atoms with Crippen LogP contribution in [0.1, 0.15) is 67.7 Å². The van der Waals surface area contributed by atoms with Crippen molar-refractivity contribution in [2.24, 2.45) is 5.92 Å². The zero-order chi connectivity index (χ0) is 24.0. The Morgan fingerprint density at radius 3 is 2.12 bits per heavy atom. The maximum atomic E-state index is 13.4. The monoisotopic (exact) mass is 451 g/mol. The number of aromatic nitrogens is 1. The third-order valence-corrected chi connectivity index (χ3v) is 5.36. The van der Waals surface area contributed by atoms with Crippen LogP contribution in [-0.2, 0) is 25.0 Å². The van der Waals surface area contributed by atoms with Gasteiger partial charge in [-0.25, -0.2) is 9.37 Å².